The van der Waals surface area contributed by atoms with Crippen molar-refractivity contribution in [1.82, 2.24) is 0 Å². The van der Waals surface area contributed by atoms with E-state index in [1.54, 1.807) is 25.1 Å². The van der Waals surface area contributed by atoms with E-state index in [0.717, 1.165) is 0 Å². The molecule has 0 bridgehead atoms. The Morgan fingerprint density at radius 2 is 1.95 bits per heavy atom. The van der Waals surface area contributed by atoms with Crippen molar-refractivity contribution >= 4 is 0 Å². The molecule has 2 rings (SSSR count). The highest BCUT2D eigenvalue weighted by molar-refractivity contribution is 5.42. The van der Waals surface area contributed by atoms with Gasteiger partial charge in [-0.05, 0) is 30.7 Å². The van der Waals surface area contributed by atoms with Crippen molar-refractivity contribution in [2.45, 2.75) is 13.5 Å². The van der Waals surface area contributed by atoms with Gasteiger partial charge in [0.05, 0.1) is 0 Å². The second-order valence-electron chi connectivity index (χ2n) is 4.46. The molecular formula is C17H14F2O2. The number of hydrogen-bond acceptors (Lipinski definition) is 2. The lowest BCUT2D eigenvalue weighted by molar-refractivity contribution is 0.304. The van der Waals surface area contributed by atoms with Crippen molar-refractivity contribution in [3.05, 3.63) is 64.7 Å². The summed E-state index contributed by atoms with van der Waals surface area (Å²) in [5, 5.41) is 8.71. The molecule has 0 aliphatic carbocycles. The number of aryl methyl sites for hydroxylation is 1. The third-order valence-corrected chi connectivity index (χ3v) is 2.91. The van der Waals surface area contributed by atoms with Crippen molar-refractivity contribution < 1.29 is 18.6 Å². The van der Waals surface area contributed by atoms with Gasteiger partial charge in [0.2, 0.25) is 0 Å². The molecule has 0 amide bonds. The van der Waals surface area contributed by atoms with Crippen LogP contribution in [0.4, 0.5) is 8.78 Å². The number of benzene rings is 2. The Hall–Kier alpha value is -2.38. The summed E-state index contributed by atoms with van der Waals surface area (Å²) in [6.45, 7) is 1.50. The highest BCUT2D eigenvalue weighted by Gasteiger charge is 2.05. The summed E-state index contributed by atoms with van der Waals surface area (Å²) in [6.07, 6.45) is 0. The molecule has 2 aromatic rings. The molecule has 0 aliphatic rings. The van der Waals surface area contributed by atoms with Gasteiger partial charge in [-0.1, -0.05) is 24.0 Å². The molecule has 4 heteroatoms. The maximum atomic E-state index is 13.4. The number of hydrogen-bond donors (Lipinski definition) is 1. The van der Waals surface area contributed by atoms with Crippen LogP contribution in [0, 0.1) is 30.4 Å². The second kappa shape index (κ2) is 6.87. The summed E-state index contributed by atoms with van der Waals surface area (Å²) in [4.78, 5) is 0. The van der Waals surface area contributed by atoms with Crippen LogP contribution in [0.25, 0.3) is 0 Å². The maximum absolute atomic E-state index is 13.4. The van der Waals surface area contributed by atoms with E-state index in [9.17, 15) is 8.78 Å². The molecule has 0 aromatic heterocycles. The minimum Gasteiger partial charge on any atom is -0.489 e. The monoisotopic (exact) mass is 288 g/mol. The lowest BCUT2D eigenvalue weighted by Crippen LogP contribution is -2.00. The van der Waals surface area contributed by atoms with Crippen LogP contribution in [-0.4, -0.2) is 11.7 Å². The molecule has 2 nitrogen and oxygen atoms in total. The predicted octanol–water partition coefficient (Wildman–Crippen LogP) is 3.20. The van der Waals surface area contributed by atoms with Crippen LogP contribution in [-0.2, 0) is 6.61 Å². The largest absolute Gasteiger partial charge is 0.489 e. The normalized spacial score (nSPS) is 9.90. The zero-order chi connectivity index (χ0) is 15.2. The molecule has 1 N–H and O–H groups in total. The van der Waals surface area contributed by atoms with Gasteiger partial charge in [0, 0.05) is 17.2 Å². The van der Waals surface area contributed by atoms with Gasteiger partial charge in [-0.15, -0.1) is 0 Å². The van der Waals surface area contributed by atoms with Crippen LogP contribution in [0.1, 0.15) is 16.7 Å². The van der Waals surface area contributed by atoms with E-state index in [2.05, 4.69) is 11.8 Å². The average Bonchev–Trinajstić information content (AvgIpc) is 2.47. The summed E-state index contributed by atoms with van der Waals surface area (Å²) in [6, 6.07) is 8.73. The van der Waals surface area contributed by atoms with Crippen molar-refractivity contribution in [1.29, 1.82) is 0 Å². The zero-order valence-corrected chi connectivity index (χ0v) is 11.5. The third-order valence-electron chi connectivity index (χ3n) is 2.91. The van der Waals surface area contributed by atoms with Crippen molar-refractivity contribution in [3.63, 3.8) is 0 Å². The van der Waals surface area contributed by atoms with Crippen molar-refractivity contribution in [3.8, 4) is 17.6 Å². The summed E-state index contributed by atoms with van der Waals surface area (Å²) >= 11 is 0. The number of aliphatic hydroxyl groups is 1. The summed E-state index contributed by atoms with van der Waals surface area (Å²) < 4.78 is 32.1. The maximum Gasteiger partial charge on any atom is 0.129 e. The number of halogens is 2. The predicted molar refractivity (Wildman–Crippen MR) is 75.8 cm³/mol. The molecule has 0 heterocycles. The summed E-state index contributed by atoms with van der Waals surface area (Å²) in [5.41, 5.74) is 1.65. The highest BCUT2D eigenvalue weighted by Crippen LogP contribution is 2.18. The average molecular weight is 288 g/mol. The SMILES string of the molecule is Cc1ccc(OCc2ccc(F)cc2C#CCO)cc1F. The van der Waals surface area contributed by atoms with E-state index in [1.807, 2.05) is 0 Å². The van der Waals surface area contributed by atoms with Crippen LogP contribution < -0.4 is 4.74 Å². The fourth-order valence-corrected chi connectivity index (χ4v) is 1.75. The molecule has 0 fully saturated rings. The van der Waals surface area contributed by atoms with E-state index in [0.29, 0.717) is 22.4 Å². The van der Waals surface area contributed by atoms with Gasteiger partial charge in [-0.25, -0.2) is 8.78 Å². The minimum absolute atomic E-state index is 0.137. The van der Waals surface area contributed by atoms with Crippen LogP contribution in [0.2, 0.25) is 0 Å². The first-order chi connectivity index (χ1) is 10.1. The molecule has 0 saturated heterocycles. The van der Waals surface area contributed by atoms with Crippen LogP contribution in [0.15, 0.2) is 36.4 Å². The summed E-state index contributed by atoms with van der Waals surface area (Å²) in [7, 11) is 0. The van der Waals surface area contributed by atoms with E-state index >= 15 is 0 Å². The molecule has 0 unspecified atom stereocenters. The molecule has 2 aromatic carbocycles. The van der Waals surface area contributed by atoms with E-state index < -0.39 is 5.82 Å². The Morgan fingerprint density at radius 1 is 1.14 bits per heavy atom. The van der Waals surface area contributed by atoms with Crippen LogP contribution in [0.5, 0.6) is 5.75 Å². The molecule has 21 heavy (non-hydrogen) atoms. The van der Waals surface area contributed by atoms with Gasteiger partial charge < -0.3 is 9.84 Å². The van der Waals surface area contributed by atoms with E-state index in [4.69, 9.17) is 9.84 Å². The van der Waals surface area contributed by atoms with Gasteiger partial charge in [0.25, 0.3) is 0 Å². The molecular weight excluding hydrogens is 274 g/mol. The van der Waals surface area contributed by atoms with Gasteiger partial charge in [0.15, 0.2) is 0 Å². The summed E-state index contributed by atoms with van der Waals surface area (Å²) in [5.74, 6) is 4.77. The first-order valence-corrected chi connectivity index (χ1v) is 6.37. The number of aliphatic hydroxyl groups excluding tert-OH is 1. The lowest BCUT2D eigenvalue weighted by Gasteiger charge is -2.09. The Kier molecular flexibility index (Phi) is 4.91. The fourth-order valence-electron chi connectivity index (χ4n) is 1.75. The van der Waals surface area contributed by atoms with Gasteiger partial charge >= 0.3 is 0 Å². The van der Waals surface area contributed by atoms with Crippen molar-refractivity contribution in [2.75, 3.05) is 6.61 Å². The highest BCUT2D eigenvalue weighted by atomic mass is 19.1. The Morgan fingerprint density at radius 3 is 2.67 bits per heavy atom. The lowest BCUT2D eigenvalue weighted by atomic mass is 10.1. The van der Waals surface area contributed by atoms with Crippen LogP contribution in [0.3, 0.4) is 0 Å². The fraction of sp³-hybridized carbons (Fsp3) is 0.176. The minimum atomic E-state index is -0.414. The van der Waals surface area contributed by atoms with Gasteiger partial charge in [0.1, 0.15) is 30.6 Å². The first-order valence-electron chi connectivity index (χ1n) is 6.37. The van der Waals surface area contributed by atoms with Gasteiger partial charge in [-0.2, -0.15) is 0 Å². The Labute approximate surface area is 122 Å². The molecule has 0 saturated carbocycles. The first kappa shape index (κ1) is 15.0. The molecule has 0 radical (unpaired) electrons. The second-order valence-corrected chi connectivity index (χ2v) is 4.46. The molecule has 0 atom stereocenters. The van der Waals surface area contributed by atoms with E-state index in [-0.39, 0.29) is 19.0 Å². The zero-order valence-electron chi connectivity index (χ0n) is 11.5. The number of rotatable bonds is 3. The van der Waals surface area contributed by atoms with Crippen LogP contribution >= 0.6 is 0 Å². The third kappa shape index (κ3) is 4.04. The van der Waals surface area contributed by atoms with Gasteiger partial charge in [-0.3, -0.25) is 0 Å². The Balaban J connectivity index is 2.17. The topological polar surface area (TPSA) is 29.5 Å². The quantitative estimate of drug-likeness (QED) is 0.879. The van der Waals surface area contributed by atoms with Crippen molar-refractivity contribution in [2.24, 2.45) is 0 Å². The smallest absolute Gasteiger partial charge is 0.129 e. The molecule has 0 spiro atoms. The number of ether oxygens (including phenoxy) is 1. The molecule has 0 aliphatic heterocycles. The van der Waals surface area contributed by atoms with E-state index in [1.165, 1.54) is 18.2 Å². The standard InChI is InChI=1S/C17H14F2O2/c1-12-4-7-16(10-17(12)19)21-11-14-5-6-15(18)9-13(14)3-2-8-20/h4-7,9-10,20H,8,11H2,1H3. The molecule has 108 valence electrons. The Bertz CT molecular complexity index is 700.